The maximum atomic E-state index is 13.0. The van der Waals surface area contributed by atoms with Crippen molar-refractivity contribution in [3.05, 3.63) is 70.6 Å². The third kappa shape index (κ3) is 27.6. The number of nitrogens with one attached hydrogen (secondary N) is 1. The molecule has 0 saturated heterocycles. The second-order valence-corrected chi connectivity index (χ2v) is 17.3. The normalized spacial score (nSPS) is 12.8. The van der Waals surface area contributed by atoms with E-state index in [0.29, 0.717) is 17.4 Å². The predicted octanol–water partition coefficient (Wildman–Crippen LogP) is 14.8. The molecule has 0 fully saturated rings. The van der Waals surface area contributed by atoms with Crippen molar-refractivity contribution in [2.45, 2.75) is 238 Å². The maximum Gasteiger partial charge on any atom is 0.351 e. The van der Waals surface area contributed by atoms with Crippen LogP contribution >= 0.6 is 0 Å². The number of esters is 1. The van der Waals surface area contributed by atoms with Crippen LogP contribution in [0.5, 0.6) is 0 Å². The number of aliphatic hydroxyl groups excluding tert-OH is 1. The number of ether oxygens (including phenoxy) is 1. The molecule has 0 unspecified atom stereocenters. The summed E-state index contributed by atoms with van der Waals surface area (Å²) < 4.78 is 10.8. The quantitative estimate of drug-likeness (QED) is 0.0300. The molecule has 2 N–H and O–H groups in total. The van der Waals surface area contributed by atoms with Gasteiger partial charge in [0.05, 0.1) is 12.1 Å². The zero-order valence-corrected chi connectivity index (χ0v) is 38.4. The van der Waals surface area contributed by atoms with Crippen LogP contribution in [-0.4, -0.2) is 35.7 Å². The molecule has 2 aromatic rings. The van der Waals surface area contributed by atoms with E-state index in [1.54, 1.807) is 30.3 Å². The number of rotatable bonds is 40. The lowest BCUT2D eigenvalue weighted by Crippen LogP contribution is -2.46. The molecule has 2 atom stereocenters. The van der Waals surface area contributed by atoms with Crippen LogP contribution in [0.1, 0.15) is 236 Å². The van der Waals surface area contributed by atoms with E-state index >= 15 is 0 Å². The van der Waals surface area contributed by atoms with E-state index in [9.17, 15) is 19.5 Å². The van der Waals surface area contributed by atoms with Gasteiger partial charge < -0.3 is 19.6 Å². The Morgan fingerprint density at radius 1 is 0.617 bits per heavy atom. The highest BCUT2D eigenvalue weighted by Crippen LogP contribution is 2.17. The highest BCUT2D eigenvalue weighted by Gasteiger charge is 2.23. The first-order chi connectivity index (χ1) is 29.5. The van der Waals surface area contributed by atoms with Gasteiger partial charge >= 0.3 is 11.6 Å². The van der Waals surface area contributed by atoms with Gasteiger partial charge in [-0.25, -0.2) is 9.59 Å². The van der Waals surface area contributed by atoms with Crippen molar-refractivity contribution in [1.82, 2.24) is 5.32 Å². The second kappa shape index (κ2) is 37.6. The van der Waals surface area contributed by atoms with Crippen LogP contribution in [0, 0.1) is 0 Å². The number of para-hydroxylation sites is 1. The summed E-state index contributed by atoms with van der Waals surface area (Å²) in [6.45, 7) is 4.26. The molecule has 1 aromatic heterocycles. The third-order valence-electron chi connectivity index (χ3n) is 11.7. The van der Waals surface area contributed by atoms with E-state index in [0.717, 1.165) is 38.5 Å². The third-order valence-corrected chi connectivity index (χ3v) is 11.7. The Labute approximate surface area is 366 Å². The summed E-state index contributed by atoms with van der Waals surface area (Å²) >= 11 is 0. The average molecular weight is 834 g/mol. The number of aliphatic hydroxyl groups is 1. The van der Waals surface area contributed by atoms with Crippen molar-refractivity contribution in [3.63, 3.8) is 0 Å². The smallest absolute Gasteiger partial charge is 0.351 e. The molecule has 0 radical (unpaired) electrons. The van der Waals surface area contributed by atoms with Crippen LogP contribution in [0.3, 0.4) is 0 Å². The molecule has 7 heteroatoms. The summed E-state index contributed by atoms with van der Waals surface area (Å²) in [6, 6.07) is 7.59. The van der Waals surface area contributed by atoms with Crippen LogP contribution in [0.25, 0.3) is 11.0 Å². The van der Waals surface area contributed by atoms with Gasteiger partial charge in [0.2, 0.25) is 5.91 Å². The van der Waals surface area contributed by atoms with Gasteiger partial charge in [0.25, 0.3) is 0 Å². The number of carbonyl (C=O) groups excluding carboxylic acids is 2. The number of carbonyl (C=O) groups is 2. The lowest BCUT2D eigenvalue weighted by molar-refractivity contribution is -0.123. The first kappa shape index (κ1) is 52.9. The first-order valence-corrected chi connectivity index (χ1v) is 24.9. The molecule has 0 aliphatic carbocycles. The van der Waals surface area contributed by atoms with Crippen LogP contribution in [-0.2, 0) is 9.53 Å². The van der Waals surface area contributed by atoms with E-state index in [1.165, 1.54) is 173 Å². The van der Waals surface area contributed by atoms with Crippen molar-refractivity contribution < 1.29 is 23.8 Å². The van der Waals surface area contributed by atoms with Gasteiger partial charge in [-0.05, 0) is 57.1 Å². The van der Waals surface area contributed by atoms with Gasteiger partial charge in [0.1, 0.15) is 17.8 Å². The Balaban J connectivity index is 1.64. The molecule has 0 spiro atoms. The zero-order chi connectivity index (χ0) is 43.1. The van der Waals surface area contributed by atoms with Crippen molar-refractivity contribution in [3.8, 4) is 0 Å². The van der Waals surface area contributed by atoms with Crippen LogP contribution < -0.4 is 10.9 Å². The Kier molecular flexibility index (Phi) is 33.1. The zero-order valence-electron chi connectivity index (χ0n) is 38.4. The molecule has 340 valence electrons. The van der Waals surface area contributed by atoms with Crippen molar-refractivity contribution >= 4 is 22.8 Å². The average Bonchev–Trinajstić information content (AvgIpc) is 3.25. The summed E-state index contributed by atoms with van der Waals surface area (Å²) in [6.07, 6.45) is 47.9. The highest BCUT2D eigenvalue weighted by molar-refractivity contribution is 5.92. The Morgan fingerprint density at radius 3 is 1.55 bits per heavy atom. The summed E-state index contributed by atoms with van der Waals surface area (Å²) in [5.74, 6) is -1.02. The molecule has 0 bridgehead atoms. The number of hydrogen-bond acceptors (Lipinski definition) is 6. The van der Waals surface area contributed by atoms with E-state index in [2.05, 4.69) is 31.3 Å². The number of hydrogen-bond donors (Lipinski definition) is 2. The van der Waals surface area contributed by atoms with Crippen LogP contribution in [0.2, 0.25) is 0 Å². The number of allylic oxidation sites excluding steroid dienone is 3. The standard InChI is InChI=1S/C53H87NO6/c1-3-5-7-9-11-13-15-17-19-20-21-22-23-24-25-27-29-31-33-35-37-43-51(56)54-48(45-59-52(57)47-44-46-40-38-39-42-50(46)60-53(47)58)49(55)41-36-34-32-30-28-26-18-16-14-12-10-8-6-4-2/h17,19,36,38-42,44,48-49,55H,3-16,18,20-35,37,43,45H2,1-2H3,(H,54,56)/t48-,49+/m1/s1. The molecule has 1 amide bonds. The Bertz CT molecular complexity index is 1460. The summed E-state index contributed by atoms with van der Waals surface area (Å²) in [5.41, 5.74) is -0.612. The minimum absolute atomic E-state index is 0.178. The Morgan fingerprint density at radius 2 is 1.05 bits per heavy atom. The highest BCUT2D eigenvalue weighted by atomic mass is 16.5. The Hall–Kier alpha value is -3.19. The van der Waals surface area contributed by atoms with Gasteiger partial charge in [-0.1, -0.05) is 217 Å². The minimum atomic E-state index is -1.04. The minimum Gasteiger partial charge on any atom is -0.460 e. The molecule has 7 nitrogen and oxygen atoms in total. The molecule has 0 saturated carbocycles. The van der Waals surface area contributed by atoms with Gasteiger partial charge in [0.15, 0.2) is 0 Å². The lowest BCUT2D eigenvalue weighted by Gasteiger charge is -2.22. The molecule has 1 aromatic carbocycles. The maximum absolute atomic E-state index is 13.0. The summed E-state index contributed by atoms with van der Waals surface area (Å²) in [7, 11) is 0. The van der Waals surface area contributed by atoms with Crippen molar-refractivity contribution in [1.29, 1.82) is 0 Å². The summed E-state index contributed by atoms with van der Waals surface area (Å²) in [4.78, 5) is 38.6. The number of amides is 1. The topological polar surface area (TPSA) is 106 Å². The summed E-state index contributed by atoms with van der Waals surface area (Å²) in [5, 5.41) is 14.6. The van der Waals surface area contributed by atoms with Gasteiger partial charge in [-0.3, -0.25) is 4.79 Å². The van der Waals surface area contributed by atoms with Gasteiger partial charge in [-0.15, -0.1) is 0 Å². The van der Waals surface area contributed by atoms with Crippen molar-refractivity contribution in [2.75, 3.05) is 6.61 Å². The van der Waals surface area contributed by atoms with E-state index < -0.39 is 23.7 Å². The fourth-order valence-electron chi connectivity index (χ4n) is 7.84. The number of unbranched alkanes of at least 4 members (excludes halogenated alkanes) is 29. The largest absolute Gasteiger partial charge is 0.460 e. The van der Waals surface area contributed by atoms with E-state index in [1.807, 2.05) is 6.08 Å². The molecule has 1 heterocycles. The fraction of sp³-hybridized carbons (Fsp3) is 0.717. The van der Waals surface area contributed by atoms with E-state index in [-0.39, 0.29) is 18.1 Å². The lowest BCUT2D eigenvalue weighted by atomic mass is 10.0. The molecule has 2 rings (SSSR count). The monoisotopic (exact) mass is 834 g/mol. The second-order valence-electron chi connectivity index (χ2n) is 17.3. The number of benzene rings is 1. The van der Waals surface area contributed by atoms with E-state index in [4.69, 9.17) is 9.15 Å². The van der Waals surface area contributed by atoms with Crippen LogP contribution in [0.4, 0.5) is 0 Å². The molecular weight excluding hydrogens is 747 g/mol. The van der Waals surface area contributed by atoms with Crippen molar-refractivity contribution in [2.24, 2.45) is 0 Å². The van der Waals surface area contributed by atoms with Crippen LogP contribution in [0.15, 0.2) is 63.8 Å². The fourth-order valence-corrected chi connectivity index (χ4v) is 7.84. The SMILES string of the molecule is CCCCCCCCC=CCCCCCCCCCCCCCC(=O)N[C@H](COC(=O)c1cc2ccccc2oc1=O)[C@@H](O)C=CCCCCCCCCCCCCCC. The molecular formula is C53H87NO6. The first-order valence-electron chi connectivity index (χ1n) is 24.9. The van der Waals surface area contributed by atoms with Gasteiger partial charge in [-0.2, -0.15) is 0 Å². The molecule has 60 heavy (non-hydrogen) atoms. The van der Waals surface area contributed by atoms with Gasteiger partial charge in [0, 0.05) is 11.8 Å². The number of fused-ring (bicyclic) bond motifs is 1. The molecule has 0 aliphatic rings. The molecule has 0 aliphatic heterocycles. The predicted molar refractivity (Wildman–Crippen MR) is 253 cm³/mol.